The third-order valence-corrected chi connectivity index (χ3v) is 5.26. The molecule has 1 aromatic rings. The number of nitrogens with two attached hydrogens (primary N) is 2. The number of hydrogen-bond acceptors (Lipinski definition) is 3. The lowest BCUT2D eigenvalue weighted by molar-refractivity contribution is -0.123. The van der Waals surface area contributed by atoms with E-state index in [0.29, 0.717) is 6.42 Å². The second-order valence-electron chi connectivity index (χ2n) is 5.23. The lowest BCUT2D eigenvalue weighted by atomic mass is 9.88. The van der Waals surface area contributed by atoms with Crippen LogP contribution in [0.3, 0.4) is 0 Å². The Morgan fingerprint density at radius 3 is 2.47 bits per heavy atom. The van der Waals surface area contributed by atoms with E-state index >= 15 is 0 Å². The summed E-state index contributed by atoms with van der Waals surface area (Å²) in [7, 11) is 0. The molecule has 1 amide bonds. The van der Waals surface area contributed by atoms with Crippen LogP contribution in [0, 0.1) is 0 Å². The molecule has 1 aliphatic rings. The Bertz CT molecular complexity index is 417. The molecule has 2 rings (SSSR count). The van der Waals surface area contributed by atoms with Gasteiger partial charge in [-0.05, 0) is 30.6 Å². The second kappa shape index (κ2) is 6.44. The second-order valence-corrected chi connectivity index (χ2v) is 6.64. The maximum Gasteiger partial charge on any atom is 0.242 e. The van der Waals surface area contributed by atoms with Crippen molar-refractivity contribution < 1.29 is 4.79 Å². The zero-order valence-corrected chi connectivity index (χ0v) is 12.0. The standard InChI is InChI=1S/C15H22N2OS/c16-14(18)15(17,12-6-2-1-3-7-12)10-11-19-13-8-4-5-9-13/h1-3,6-7,13H,4-5,8-11,17H2,(H2,16,18). The summed E-state index contributed by atoms with van der Waals surface area (Å²) < 4.78 is 0. The summed E-state index contributed by atoms with van der Waals surface area (Å²) in [6.07, 6.45) is 5.86. The molecule has 19 heavy (non-hydrogen) atoms. The minimum Gasteiger partial charge on any atom is -0.368 e. The summed E-state index contributed by atoms with van der Waals surface area (Å²) in [6, 6.07) is 9.46. The average Bonchev–Trinajstić information content (AvgIpc) is 2.92. The van der Waals surface area contributed by atoms with Crippen molar-refractivity contribution in [2.45, 2.75) is 42.9 Å². The molecular weight excluding hydrogens is 256 g/mol. The van der Waals surface area contributed by atoms with Gasteiger partial charge in [0.1, 0.15) is 5.54 Å². The van der Waals surface area contributed by atoms with Crippen LogP contribution < -0.4 is 11.5 Å². The molecule has 0 aliphatic heterocycles. The van der Waals surface area contributed by atoms with Gasteiger partial charge >= 0.3 is 0 Å². The van der Waals surface area contributed by atoms with Gasteiger partial charge in [-0.2, -0.15) is 11.8 Å². The molecule has 1 atom stereocenters. The molecule has 1 aliphatic carbocycles. The summed E-state index contributed by atoms with van der Waals surface area (Å²) in [4.78, 5) is 11.7. The minimum absolute atomic E-state index is 0.439. The van der Waals surface area contributed by atoms with Crippen LogP contribution in [0.25, 0.3) is 0 Å². The molecule has 104 valence electrons. The number of benzene rings is 1. The molecule has 3 nitrogen and oxygen atoms in total. The number of carbonyl (C=O) groups excluding carboxylic acids is 1. The first kappa shape index (κ1) is 14.4. The fourth-order valence-corrected chi connectivity index (χ4v) is 4.03. The van der Waals surface area contributed by atoms with E-state index in [2.05, 4.69) is 0 Å². The largest absolute Gasteiger partial charge is 0.368 e. The molecule has 0 radical (unpaired) electrons. The summed E-state index contributed by atoms with van der Waals surface area (Å²) in [5.41, 5.74) is 11.6. The van der Waals surface area contributed by atoms with Crippen LogP contribution in [0.1, 0.15) is 37.7 Å². The number of thioether (sulfide) groups is 1. The Morgan fingerprint density at radius 2 is 1.89 bits per heavy atom. The molecule has 0 saturated heterocycles. The third-order valence-electron chi connectivity index (χ3n) is 3.88. The van der Waals surface area contributed by atoms with Gasteiger partial charge in [-0.25, -0.2) is 0 Å². The van der Waals surface area contributed by atoms with Gasteiger partial charge in [0.15, 0.2) is 0 Å². The molecule has 0 aromatic heterocycles. The predicted octanol–water partition coefficient (Wildman–Crippen LogP) is 2.39. The molecule has 0 heterocycles. The van der Waals surface area contributed by atoms with E-state index < -0.39 is 11.4 Å². The van der Waals surface area contributed by atoms with E-state index in [1.165, 1.54) is 25.7 Å². The van der Waals surface area contributed by atoms with E-state index in [1.807, 2.05) is 42.1 Å². The quantitative estimate of drug-likeness (QED) is 0.839. The maximum atomic E-state index is 11.7. The average molecular weight is 278 g/mol. The molecule has 1 aromatic carbocycles. The fourth-order valence-electron chi connectivity index (χ4n) is 2.59. The van der Waals surface area contributed by atoms with Crippen molar-refractivity contribution in [2.75, 3.05) is 5.75 Å². The van der Waals surface area contributed by atoms with Gasteiger partial charge < -0.3 is 11.5 Å². The molecule has 0 spiro atoms. The zero-order chi connectivity index (χ0) is 13.7. The van der Waals surface area contributed by atoms with E-state index in [0.717, 1.165) is 16.6 Å². The molecule has 4 N–H and O–H groups in total. The zero-order valence-electron chi connectivity index (χ0n) is 11.2. The number of amides is 1. The van der Waals surface area contributed by atoms with Crippen molar-refractivity contribution in [3.63, 3.8) is 0 Å². The Hall–Kier alpha value is -1.00. The van der Waals surface area contributed by atoms with Gasteiger partial charge in [0.05, 0.1) is 0 Å². The van der Waals surface area contributed by atoms with Gasteiger partial charge in [0.2, 0.25) is 5.91 Å². The highest BCUT2D eigenvalue weighted by Gasteiger charge is 2.33. The Balaban J connectivity index is 1.97. The highest BCUT2D eigenvalue weighted by molar-refractivity contribution is 7.99. The van der Waals surface area contributed by atoms with Crippen LogP contribution in [-0.2, 0) is 10.3 Å². The van der Waals surface area contributed by atoms with Crippen molar-refractivity contribution >= 4 is 17.7 Å². The molecule has 4 heteroatoms. The SMILES string of the molecule is NC(=O)C(N)(CCSC1CCCC1)c1ccccc1. The van der Waals surface area contributed by atoms with Crippen molar-refractivity contribution in [3.05, 3.63) is 35.9 Å². The van der Waals surface area contributed by atoms with Crippen LogP contribution in [0.15, 0.2) is 30.3 Å². The highest BCUT2D eigenvalue weighted by atomic mass is 32.2. The summed E-state index contributed by atoms with van der Waals surface area (Å²) >= 11 is 1.94. The maximum absolute atomic E-state index is 11.7. The first-order chi connectivity index (χ1) is 9.13. The lowest BCUT2D eigenvalue weighted by Crippen LogP contribution is -2.49. The van der Waals surface area contributed by atoms with Crippen LogP contribution in [0.5, 0.6) is 0 Å². The Morgan fingerprint density at radius 1 is 1.26 bits per heavy atom. The molecule has 1 fully saturated rings. The summed E-state index contributed by atoms with van der Waals surface area (Å²) in [6.45, 7) is 0. The van der Waals surface area contributed by atoms with Crippen LogP contribution in [0.2, 0.25) is 0 Å². The van der Waals surface area contributed by atoms with E-state index in [4.69, 9.17) is 11.5 Å². The minimum atomic E-state index is -1.03. The molecule has 1 saturated carbocycles. The Kier molecular flexibility index (Phi) is 4.88. The van der Waals surface area contributed by atoms with Crippen LogP contribution in [-0.4, -0.2) is 16.9 Å². The molecular formula is C15H22N2OS. The fraction of sp³-hybridized carbons (Fsp3) is 0.533. The van der Waals surface area contributed by atoms with Gasteiger partial charge in [0, 0.05) is 5.25 Å². The predicted molar refractivity (Wildman–Crippen MR) is 80.8 cm³/mol. The molecule has 0 bridgehead atoms. The van der Waals surface area contributed by atoms with E-state index in [-0.39, 0.29) is 0 Å². The van der Waals surface area contributed by atoms with Crippen molar-refractivity contribution in [1.29, 1.82) is 0 Å². The van der Waals surface area contributed by atoms with Crippen LogP contribution in [0.4, 0.5) is 0 Å². The first-order valence-electron chi connectivity index (χ1n) is 6.89. The topological polar surface area (TPSA) is 69.1 Å². The van der Waals surface area contributed by atoms with Gasteiger partial charge in [-0.3, -0.25) is 4.79 Å². The van der Waals surface area contributed by atoms with Gasteiger partial charge in [-0.15, -0.1) is 0 Å². The Labute approximate surface area is 119 Å². The highest BCUT2D eigenvalue weighted by Crippen LogP contribution is 2.32. The molecule has 1 unspecified atom stereocenters. The third kappa shape index (κ3) is 3.51. The number of primary amides is 1. The number of rotatable bonds is 6. The number of hydrogen-bond donors (Lipinski definition) is 2. The monoisotopic (exact) mass is 278 g/mol. The van der Waals surface area contributed by atoms with Crippen molar-refractivity contribution in [3.8, 4) is 0 Å². The smallest absolute Gasteiger partial charge is 0.242 e. The van der Waals surface area contributed by atoms with Gasteiger partial charge in [-0.1, -0.05) is 43.2 Å². The number of carbonyl (C=O) groups is 1. The van der Waals surface area contributed by atoms with Gasteiger partial charge in [0.25, 0.3) is 0 Å². The van der Waals surface area contributed by atoms with Crippen LogP contribution >= 0.6 is 11.8 Å². The van der Waals surface area contributed by atoms with E-state index in [1.54, 1.807) is 0 Å². The lowest BCUT2D eigenvalue weighted by Gasteiger charge is -2.26. The first-order valence-corrected chi connectivity index (χ1v) is 7.94. The van der Waals surface area contributed by atoms with Crippen molar-refractivity contribution in [2.24, 2.45) is 11.5 Å². The van der Waals surface area contributed by atoms with Crippen molar-refractivity contribution in [1.82, 2.24) is 0 Å². The summed E-state index contributed by atoms with van der Waals surface area (Å²) in [5.74, 6) is 0.449. The van der Waals surface area contributed by atoms with E-state index in [9.17, 15) is 4.79 Å². The summed E-state index contributed by atoms with van der Waals surface area (Å²) in [5, 5.41) is 0.743. The normalized spacial score (nSPS) is 19.2.